The lowest BCUT2D eigenvalue weighted by Gasteiger charge is -2.26. The van der Waals surface area contributed by atoms with Gasteiger partial charge in [-0.3, -0.25) is 0 Å². The van der Waals surface area contributed by atoms with Gasteiger partial charge in [-0.1, -0.05) is 158 Å². The van der Waals surface area contributed by atoms with Crippen LogP contribution in [0.25, 0.3) is 108 Å². The van der Waals surface area contributed by atoms with Crippen LogP contribution in [0, 0.1) is 0 Å². The molecule has 0 saturated heterocycles. The van der Waals surface area contributed by atoms with Gasteiger partial charge < -0.3 is 9.32 Å². The Balaban J connectivity index is 0.907. The lowest BCUT2D eigenvalue weighted by Crippen LogP contribution is -2.09. The van der Waals surface area contributed by atoms with Crippen molar-refractivity contribution < 1.29 is 4.42 Å². The average Bonchev–Trinajstić information content (AvgIpc) is 3.94. The van der Waals surface area contributed by atoms with Gasteiger partial charge in [-0.2, -0.15) is 0 Å². The quantitative estimate of drug-likeness (QED) is 0.155. The van der Waals surface area contributed by atoms with E-state index in [2.05, 4.69) is 229 Å². The molecule has 0 saturated carbocycles. The van der Waals surface area contributed by atoms with Crippen LogP contribution < -0.4 is 4.90 Å². The fourth-order valence-corrected chi connectivity index (χ4v) is 11.0. The van der Waals surface area contributed by atoms with Gasteiger partial charge in [-0.05, 0) is 127 Å². The molecule has 0 aliphatic heterocycles. The third kappa shape index (κ3) is 5.85. The van der Waals surface area contributed by atoms with Gasteiger partial charge in [0.25, 0.3) is 0 Å². The molecule has 13 rings (SSSR count). The van der Waals surface area contributed by atoms with E-state index in [4.69, 9.17) is 4.42 Å². The van der Waals surface area contributed by atoms with Gasteiger partial charge in [-0.15, -0.1) is 11.3 Å². The summed E-state index contributed by atoms with van der Waals surface area (Å²) in [7, 11) is 0. The first-order valence-electron chi connectivity index (χ1n) is 21.5. The Morgan fingerprint density at radius 1 is 0.317 bits per heavy atom. The summed E-state index contributed by atoms with van der Waals surface area (Å²) in [4.78, 5) is 2.37. The molecule has 11 aromatic carbocycles. The minimum Gasteiger partial charge on any atom is -0.455 e. The number of furan rings is 1. The summed E-state index contributed by atoms with van der Waals surface area (Å²) in [5.41, 5.74) is 12.3. The molecule has 0 amide bonds. The third-order valence-electron chi connectivity index (χ3n) is 12.9. The van der Waals surface area contributed by atoms with Crippen molar-refractivity contribution in [3.05, 3.63) is 224 Å². The van der Waals surface area contributed by atoms with E-state index in [1.165, 1.54) is 69.4 Å². The summed E-state index contributed by atoms with van der Waals surface area (Å²) in [6.07, 6.45) is 0. The van der Waals surface area contributed by atoms with Crippen LogP contribution in [0.4, 0.5) is 17.1 Å². The molecule has 0 aliphatic rings. The Hall–Kier alpha value is -7.98. The molecule has 2 aromatic heterocycles. The van der Waals surface area contributed by atoms with Crippen molar-refractivity contribution in [3.8, 4) is 33.4 Å². The minimum atomic E-state index is 0.899. The second-order valence-electron chi connectivity index (χ2n) is 16.4. The molecule has 0 aliphatic carbocycles. The van der Waals surface area contributed by atoms with Crippen molar-refractivity contribution in [1.29, 1.82) is 0 Å². The highest BCUT2D eigenvalue weighted by atomic mass is 32.1. The van der Waals surface area contributed by atoms with Gasteiger partial charge in [-0.25, -0.2) is 0 Å². The molecular formula is C60H37NOS. The number of nitrogens with zero attached hydrogens (tertiary/aromatic N) is 1. The maximum absolute atomic E-state index is 6.56. The number of benzene rings is 11. The highest BCUT2D eigenvalue weighted by Gasteiger charge is 2.18. The highest BCUT2D eigenvalue weighted by Crippen LogP contribution is 2.44. The number of anilines is 3. The Morgan fingerprint density at radius 2 is 0.825 bits per heavy atom. The Bertz CT molecular complexity index is 3900. The van der Waals surface area contributed by atoms with Crippen molar-refractivity contribution in [1.82, 2.24) is 0 Å². The van der Waals surface area contributed by atoms with Crippen LogP contribution in [0.1, 0.15) is 0 Å². The topological polar surface area (TPSA) is 16.4 Å². The van der Waals surface area contributed by atoms with Gasteiger partial charge in [0.1, 0.15) is 11.2 Å². The average molecular weight is 820 g/mol. The molecule has 0 bridgehead atoms. The summed E-state index contributed by atoms with van der Waals surface area (Å²) in [6, 6.07) is 81.7. The molecule has 0 radical (unpaired) electrons. The van der Waals surface area contributed by atoms with E-state index in [9.17, 15) is 0 Å². The summed E-state index contributed by atoms with van der Waals surface area (Å²) < 4.78 is 9.19. The maximum Gasteiger partial charge on any atom is 0.143 e. The van der Waals surface area contributed by atoms with E-state index in [1.807, 2.05) is 11.3 Å². The van der Waals surface area contributed by atoms with Crippen LogP contribution in [0.5, 0.6) is 0 Å². The van der Waals surface area contributed by atoms with E-state index < -0.39 is 0 Å². The highest BCUT2D eigenvalue weighted by molar-refractivity contribution is 7.25. The number of rotatable bonds is 6. The van der Waals surface area contributed by atoms with Crippen molar-refractivity contribution in [2.75, 3.05) is 4.90 Å². The van der Waals surface area contributed by atoms with Crippen molar-refractivity contribution in [2.45, 2.75) is 0 Å². The lowest BCUT2D eigenvalue weighted by atomic mass is 9.97. The maximum atomic E-state index is 6.56. The van der Waals surface area contributed by atoms with Crippen LogP contribution >= 0.6 is 11.3 Å². The van der Waals surface area contributed by atoms with E-state index in [0.29, 0.717) is 0 Å². The molecule has 0 fully saturated rings. The number of thiophene rings is 1. The molecule has 3 heteroatoms. The number of hydrogen-bond acceptors (Lipinski definition) is 3. The zero-order valence-corrected chi connectivity index (χ0v) is 34.9. The van der Waals surface area contributed by atoms with E-state index in [1.54, 1.807) is 0 Å². The SMILES string of the molecule is c1ccc2c(c1)ccc1cc(-c3ccc(N(c4ccc(-c5cccc6oc7c8ccccc8ccc7c56)cc4)c4ccc(-c5cccc6sc7ccccc7c56)cc4)cc3)ccc12. The van der Waals surface area contributed by atoms with Crippen molar-refractivity contribution >= 4 is 103 Å². The fourth-order valence-electron chi connectivity index (χ4n) is 9.83. The molecule has 2 heterocycles. The fraction of sp³-hybridized carbons (Fsp3) is 0. The monoisotopic (exact) mass is 819 g/mol. The molecule has 63 heavy (non-hydrogen) atoms. The summed E-state index contributed by atoms with van der Waals surface area (Å²) in [5, 5.41) is 12.3. The van der Waals surface area contributed by atoms with Crippen molar-refractivity contribution in [3.63, 3.8) is 0 Å². The van der Waals surface area contributed by atoms with Crippen molar-refractivity contribution in [2.24, 2.45) is 0 Å². The van der Waals surface area contributed by atoms with Crippen LogP contribution in [-0.2, 0) is 0 Å². The normalized spacial score (nSPS) is 11.8. The Labute approximate surface area is 368 Å². The third-order valence-corrected chi connectivity index (χ3v) is 14.0. The minimum absolute atomic E-state index is 0.899. The van der Waals surface area contributed by atoms with Gasteiger partial charge >= 0.3 is 0 Å². The molecule has 13 aromatic rings. The second-order valence-corrected chi connectivity index (χ2v) is 17.5. The van der Waals surface area contributed by atoms with Crippen LogP contribution in [0.15, 0.2) is 229 Å². The molecular weight excluding hydrogens is 783 g/mol. The van der Waals surface area contributed by atoms with E-state index in [0.717, 1.165) is 55.5 Å². The summed E-state index contributed by atoms with van der Waals surface area (Å²) >= 11 is 1.86. The van der Waals surface area contributed by atoms with Gasteiger partial charge in [0.05, 0.1) is 0 Å². The predicted octanol–water partition coefficient (Wildman–Crippen LogP) is 17.9. The van der Waals surface area contributed by atoms with E-state index >= 15 is 0 Å². The molecule has 0 unspecified atom stereocenters. The zero-order valence-electron chi connectivity index (χ0n) is 34.1. The zero-order chi connectivity index (χ0) is 41.4. The predicted molar refractivity (Wildman–Crippen MR) is 270 cm³/mol. The molecule has 0 atom stereocenters. The van der Waals surface area contributed by atoms with Gasteiger partial charge in [0.2, 0.25) is 0 Å². The first-order valence-corrected chi connectivity index (χ1v) is 22.3. The van der Waals surface area contributed by atoms with Gasteiger partial charge in [0, 0.05) is 53.4 Å². The molecule has 2 nitrogen and oxygen atoms in total. The van der Waals surface area contributed by atoms with Gasteiger partial charge in [0.15, 0.2) is 0 Å². The first kappa shape index (κ1) is 35.7. The summed E-state index contributed by atoms with van der Waals surface area (Å²) in [5.74, 6) is 0. The lowest BCUT2D eigenvalue weighted by molar-refractivity contribution is 0.673. The second kappa shape index (κ2) is 14.3. The molecule has 0 N–H and O–H groups in total. The Morgan fingerprint density at radius 3 is 1.56 bits per heavy atom. The largest absolute Gasteiger partial charge is 0.455 e. The summed E-state index contributed by atoms with van der Waals surface area (Å²) in [6.45, 7) is 0. The standard InChI is InChI=1S/C60H37NOS/c1-3-11-48-39(9-1)19-20-44-37-43(28-35-49(44)48)38-21-29-45(30-22-38)61(47-33-25-42(26-34-47)51-15-8-18-57-59(51)53-13-5-6-17-56(53)63-57)46-31-23-41(24-32-46)50-14-7-16-55-58(50)54-36-27-40-10-2-4-12-52(40)60(54)62-55/h1-37H. The van der Waals surface area contributed by atoms with Crippen LogP contribution in [-0.4, -0.2) is 0 Å². The Kier molecular flexibility index (Phi) is 8.12. The number of hydrogen-bond donors (Lipinski definition) is 0. The first-order chi connectivity index (χ1) is 31.2. The number of fused-ring (bicyclic) bond motifs is 11. The van der Waals surface area contributed by atoms with Crippen LogP contribution in [0.3, 0.4) is 0 Å². The molecule has 0 spiro atoms. The van der Waals surface area contributed by atoms with Crippen LogP contribution in [0.2, 0.25) is 0 Å². The molecule has 294 valence electrons. The smallest absolute Gasteiger partial charge is 0.143 e. The van der Waals surface area contributed by atoms with E-state index in [-0.39, 0.29) is 0 Å².